The lowest BCUT2D eigenvalue weighted by Crippen LogP contribution is -2.49. The number of amides is 1. The SMILES string of the molecule is COc1[nH]c2ccc(F)cc2c1C(=O)OCC1CCN(C[C@@H](COCc2ccccc2)NC(=O)OC(C)(C)C)CC1. The van der Waals surface area contributed by atoms with Crippen molar-refractivity contribution in [3.05, 3.63) is 65.5 Å². The maximum absolute atomic E-state index is 13.8. The zero-order valence-electron chi connectivity index (χ0n) is 24.2. The summed E-state index contributed by atoms with van der Waals surface area (Å²) in [6, 6.07) is 13.8. The number of nitrogens with zero attached hydrogens (tertiary/aromatic N) is 1. The van der Waals surface area contributed by atoms with Crippen LogP contribution in [0.25, 0.3) is 10.9 Å². The summed E-state index contributed by atoms with van der Waals surface area (Å²) >= 11 is 0. The van der Waals surface area contributed by atoms with E-state index in [4.69, 9.17) is 18.9 Å². The number of H-pyrrole nitrogens is 1. The van der Waals surface area contributed by atoms with E-state index >= 15 is 0 Å². The van der Waals surface area contributed by atoms with Gasteiger partial charge < -0.3 is 34.1 Å². The first-order valence-electron chi connectivity index (χ1n) is 14.0. The van der Waals surface area contributed by atoms with Gasteiger partial charge in [0.15, 0.2) is 0 Å². The van der Waals surface area contributed by atoms with Crippen LogP contribution in [-0.4, -0.2) is 73.5 Å². The van der Waals surface area contributed by atoms with Crippen molar-refractivity contribution in [2.45, 2.75) is 51.9 Å². The predicted molar refractivity (Wildman–Crippen MR) is 154 cm³/mol. The van der Waals surface area contributed by atoms with Crippen molar-refractivity contribution in [3.8, 4) is 5.88 Å². The van der Waals surface area contributed by atoms with Crippen LogP contribution in [0.3, 0.4) is 0 Å². The van der Waals surface area contributed by atoms with Crippen molar-refractivity contribution in [1.82, 2.24) is 15.2 Å². The van der Waals surface area contributed by atoms with Gasteiger partial charge in [-0.2, -0.15) is 0 Å². The lowest BCUT2D eigenvalue weighted by atomic mass is 9.97. The average Bonchev–Trinajstić information content (AvgIpc) is 3.30. The normalized spacial score (nSPS) is 15.4. The number of carbonyl (C=O) groups is 2. The summed E-state index contributed by atoms with van der Waals surface area (Å²) in [5, 5.41) is 3.39. The van der Waals surface area contributed by atoms with E-state index in [1.54, 1.807) is 6.07 Å². The minimum atomic E-state index is -0.597. The summed E-state index contributed by atoms with van der Waals surface area (Å²) in [5.41, 5.74) is 1.27. The van der Waals surface area contributed by atoms with Crippen LogP contribution in [0.15, 0.2) is 48.5 Å². The number of fused-ring (bicyclic) bond motifs is 1. The molecule has 1 fully saturated rings. The van der Waals surface area contributed by atoms with Gasteiger partial charge in [0.2, 0.25) is 5.88 Å². The number of aromatic amines is 1. The van der Waals surface area contributed by atoms with Crippen LogP contribution >= 0.6 is 0 Å². The molecule has 1 aromatic heterocycles. The Morgan fingerprint density at radius 2 is 1.85 bits per heavy atom. The molecule has 1 atom stereocenters. The number of aromatic nitrogens is 1. The Morgan fingerprint density at radius 1 is 1.12 bits per heavy atom. The Kier molecular flexibility index (Phi) is 10.2. The number of rotatable bonds is 11. The molecular weight excluding hydrogens is 529 g/mol. The van der Waals surface area contributed by atoms with Gasteiger partial charge in [0.25, 0.3) is 0 Å². The van der Waals surface area contributed by atoms with Crippen LogP contribution in [0.5, 0.6) is 5.88 Å². The van der Waals surface area contributed by atoms with Crippen LogP contribution < -0.4 is 10.1 Å². The molecule has 0 unspecified atom stereocenters. The number of benzene rings is 2. The average molecular weight is 570 g/mol. The van der Waals surface area contributed by atoms with Crippen molar-refractivity contribution in [1.29, 1.82) is 0 Å². The number of halogens is 1. The fourth-order valence-electron chi connectivity index (χ4n) is 4.92. The zero-order chi connectivity index (χ0) is 29.4. The van der Waals surface area contributed by atoms with Gasteiger partial charge in [0.05, 0.1) is 33.0 Å². The molecule has 10 heteroatoms. The zero-order valence-corrected chi connectivity index (χ0v) is 24.2. The number of likely N-dealkylation sites (tertiary alicyclic amines) is 1. The number of piperidine rings is 1. The largest absolute Gasteiger partial charge is 0.482 e. The van der Waals surface area contributed by atoms with Crippen molar-refractivity contribution in [2.75, 3.05) is 40.0 Å². The minimum absolute atomic E-state index is 0.190. The predicted octanol–water partition coefficient (Wildman–Crippen LogP) is 5.29. The lowest BCUT2D eigenvalue weighted by Gasteiger charge is -2.34. The molecule has 1 saturated heterocycles. The van der Waals surface area contributed by atoms with Crippen LogP contribution in [-0.2, 0) is 20.8 Å². The fourth-order valence-corrected chi connectivity index (χ4v) is 4.92. The van der Waals surface area contributed by atoms with E-state index in [1.165, 1.54) is 19.2 Å². The van der Waals surface area contributed by atoms with Crippen molar-refractivity contribution < 1.29 is 32.9 Å². The highest BCUT2D eigenvalue weighted by molar-refractivity contribution is 6.06. The molecule has 9 nitrogen and oxygen atoms in total. The van der Waals surface area contributed by atoms with Crippen molar-refractivity contribution >= 4 is 23.0 Å². The van der Waals surface area contributed by atoms with E-state index in [0.29, 0.717) is 30.7 Å². The first-order valence-corrected chi connectivity index (χ1v) is 14.0. The second-order valence-electron chi connectivity index (χ2n) is 11.4. The summed E-state index contributed by atoms with van der Waals surface area (Å²) in [4.78, 5) is 30.7. The third-order valence-electron chi connectivity index (χ3n) is 6.92. The highest BCUT2D eigenvalue weighted by atomic mass is 19.1. The fraction of sp³-hybridized carbons (Fsp3) is 0.484. The van der Waals surface area contributed by atoms with Crippen LogP contribution in [0.2, 0.25) is 0 Å². The van der Waals surface area contributed by atoms with Crippen LogP contribution in [0.4, 0.5) is 9.18 Å². The Labute approximate surface area is 240 Å². The lowest BCUT2D eigenvalue weighted by molar-refractivity contribution is 0.0309. The number of methoxy groups -OCH3 is 1. The maximum atomic E-state index is 13.8. The molecule has 222 valence electrons. The van der Waals surface area contributed by atoms with Crippen molar-refractivity contribution in [3.63, 3.8) is 0 Å². The van der Waals surface area contributed by atoms with E-state index in [0.717, 1.165) is 31.5 Å². The summed E-state index contributed by atoms with van der Waals surface area (Å²) < 4.78 is 36.2. The number of hydrogen-bond acceptors (Lipinski definition) is 7. The van der Waals surface area contributed by atoms with Gasteiger partial charge >= 0.3 is 12.1 Å². The first kappa shape index (κ1) is 30.3. The first-order chi connectivity index (χ1) is 19.6. The maximum Gasteiger partial charge on any atom is 0.407 e. The number of ether oxygens (including phenoxy) is 4. The molecule has 0 radical (unpaired) electrons. The Bertz CT molecular complexity index is 1300. The number of alkyl carbamates (subject to hydrolysis) is 1. The standard InChI is InChI=1S/C31H40FN3O6/c1-31(2,3)41-30(37)33-24(20-39-18-21-8-6-5-7-9-21)17-35-14-12-22(13-15-35)19-40-29(36)27-25-16-23(32)10-11-26(25)34-28(27)38-4/h5-11,16,22,24,34H,12-15,17-20H2,1-4H3,(H,33,37)/t24-/m0/s1. The van der Waals surface area contributed by atoms with Crippen LogP contribution in [0, 0.1) is 11.7 Å². The van der Waals surface area contributed by atoms with Gasteiger partial charge in [-0.1, -0.05) is 30.3 Å². The molecule has 1 aliphatic rings. The molecule has 2 N–H and O–H groups in total. The van der Waals surface area contributed by atoms with Gasteiger partial charge in [-0.3, -0.25) is 0 Å². The second-order valence-corrected chi connectivity index (χ2v) is 11.4. The summed E-state index contributed by atoms with van der Waals surface area (Å²) in [7, 11) is 1.45. The van der Waals surface area contributed by atoms with Crippen molar-refractivity contribution in [2.24, 2.45) is 5.92 Å². The molecule has 41 heavy (non-hydrogen) atoms. The third-order valence-corrected chi connectivity index (χ3v) is 6.92. The molecule has 0 spiro atoms. The Hall–Kier alpha value is -3.63. The molecule has 4 rings (SSSR count). The van der Waals surface area contributed by atoms with E-state index in [9.17, 15) is 14.0 Å². The number of hydrogen-bond donors (Lipinski definition) is 2. The number of nitrogens with one attached hydrogen (secondary N) is 2. The molecule has 1 amide bonds. The van der Waals surface area contributed by atoms with E-state index in [2.05, 4.69) is 15.2 Å². The number of esters is 1. The summed E-state index contributed by atoms with van der Waals surface area (Å²) in [6.07, 6.45) is 1.19. The minimum Gasteiger partial charge on any atom is -0.482 e. The van der Waals surface area contributed by atoms with Gasteiger partial charge in [-0.15, -0.1) is 0 Å². The van der Waals surface area contributed by atoms with Gasteiger partial charge in [-0.25, -0.2) is 14.0 Å². The Morgan fingerprint density at radius 3 is 2.54 bits per heavy atom. The van der Waals surface area contributed by atoms with Crippen LogP contribution in [0.1, 0.15) is 49.5 Å². The summed E-state index contributed by atoms with van der Waals surface area (Å²) in [6.45, 7) is 8.74. The summed E-state index contributed by atoms with van der Waals surface area (Å²) in [5.74, 6) is -0.540. The van der Waals surface area contributed by atoms with E-state index in [1.807, 2.05) is 51.1 Å². The quantitative estimate of drug-likeness (QED) is 0.303. The second kappa shape index (κ2) is 13.8. The Balaban J connectivity index is 1.28. The highest BCUT2D eigenvalue weighted by Crippen LogP contribution is 2.30. The smallest absolute Gasteiger partial charge is 0.407 e. The van der Waals surface area contributed by atoms with Gasteiger partial charge in [-0.05, 0) is 76.4 Å². The molecule has 2 heterocycles. The topological polar surface area (TPSA) is 102 Å². The molecule has 0 saturated carbocycles. The van der Waals surface area contributed by atoms with E-state index in [-0.39, 0.29) is 30.0 Å². The monoisotopic (exact) mass is 569 g/mol. The third kappa shape index (κ3) is 8.93. The molecule has 0 aliphatic carbocycles. The molecular formula is C31H40FN3O6. The molecule has 1 aliphatic heterocycles. The molecule has 3 aromatic rings. The molecule has 0 bridgehead atoms. The highest BCUT2D eigenvalue weighted by Gasteiger charge is 2.27. The van der Waals surface area contributed by atoms with Gasteiger partial charge in [0, 0.05) is 17.4 Å². The van der Waals surface area contributed by atoms with Gasteiger partial charge in [0.1, 0.15) is 17.0 Å². The molecule has 2 aromatic carbocycles. The number of carbonyl (C=O) groups excluding carboxylic acids is 2. The van der Waals surface area contributed by atoms with E-state index < -0.39 is 23.5 Å².